The SMILES string of the molecule is Cc1ccccc1C(=O)NC(CC(C)C)C(=O)NC1CC2CCC(C1)N2. The Hall–Kier alpha value is -1.88. The van der Waals surface area contributed by atoms with Gasteiger partial charge in [-0.1, -0.05) is 32.0 Å². The average molecular weight is 357 g/mol. The molecule has 3 N–H and O–H groups in total. The van der Waals surface area contributed by atoms with E-state index in [1.165, 1.54) is 12.8 Å². The van der Waals surface area contributed by atoms with Crippen LogP contribution in [0.15, 0.2) is 24.3 Å². The zero-order valence-corrected chi connectivity index (χ0v) is 16.0. The summed E-state index contributed by atoms with van der Waals surface area (Å²) in [6, 6.07) is 8.27. The molecule has 0 aromatic heterocycles. The van der Waals surface area contributed by atoms with E-state index in [9.17, 15) is 9.59 Å². The number of amides is 2. The molecular weight excluding hydrogens is 326 g/mol. The fourth-order valence-corrected chi connectivity index (χ4v) is 4.24. The third-order valence-electron chi connectivity index (χ3n) is 5.54. The average Bonchev–Trinajstić information content (AvgIpc) is 2.92. The van der Waals surface area contributed by atoms with Crippen LogP contribution in [0.1, 0.15) is 61.9 Å². The number of aryl methyl sites for hydroxylation is 1. The highest BCUT2D eigenvalue weighted by atomic mass is 16.2. The minimum Gasteiger partial charge on any atom is -0.351 e. The van der Waals surface area contributed by atoms with Crippen molar-refractivity contribution >= 4 is 11.8 Å². The zero-order valence-electron chi connectivity index (χ0n) is 16.0. The summed E-state index contributed by atoms with van der Waals surface area (Å²) in [5.74, 6) is 0.105. The second kappa shape index (κ2) is 8.21. The minimum absolute atomic E-state index is 0.0491. The third kappa shape index (κ3) is 4.64. The van der Waals surface area contributed by atoms with Crippen LogP contribution in [-0.4, -0.2) is 36.0 Å². The second-order valence-corrected chi connectivity index (χ2v) is 8.29. The summed E-state index contributed by atoms with van der Waals surface area (Å²) in [6.07, 6.45) is 5.03. The first kappa shape index (κ1) is 18.9. The second-order valence-electron chi connectivity index (χ2n) is 8.29. The van der Waals surface area contributed by atoms with Gasteiger partial charge in [0.15, 0.2) is 0 Å². The number of benzene rings is 1. The van der Waals surface area contributed by atoms with Gasteiger partial charge in [0.1, 0.15) is 6.04 Å². The standard InChI is InChI=1S/C21H31N3O2/c1-13(2)10-19(24-20(25)18-7-5-4-6-14(18)3)21(26)23-17-11-15-8-9-16(12-17)22-15/h4-7,13,15-17,19,22H,8-12H2,1-3H3,(H,23,26)(H,24,25). The molecule has 0 spiro atoms. The summed E-state index contributed by atoms with van der Waals surface area (Å²) in [4.78, 5) is 25.6. The van der Waals surface area contributed by atoms with Crippen LogP contribution in [0.3, 0.4) is 0 Å². The van der Waals surface area contributed by atoms with Crippen molar-refractivity contribution < 1.29 is 9.59 Å². The molecule has 2 bridgehead atoms. The van der Waals surface area contributed by atoms with E-state index < -0.39 is 6.04 Å². The third-order valence-corrected chi connectivity index (χ3v) is 5.54. The van der Waals surface area contributed by atoms with Gasteiger partial charge in [0.25, 0.3) is 5.91 Å². The largest absolute Gasteiger partial charge is 0.351 e. The van der Waals surface area contributed by atoms with E-state index in [1.54, 1.807) is 6.07 Å². The molecule has 2 fully saturated rings. The number of carbonyl (C=O) groups excluding carboxylic acids is 2. The molecule has 3 atom stereocenters. The molecule has 2 aliphatic rings. The molecule has 2 amide bonds. The fraction of sp³-hybridized carbons (Fsp3) is 0.619. The molecule has 5 heteroatoms. The summed E-state index contributed by atoms with van der Waals surface area (Å²) in [5, 5.41) is 9.76. The van der Waals surface area contributed by atoms with E-state index in [2.05, 4.69) is 29.8 Å². The molecule has 0 radical (unpaired) electrons. The molecule has 2 saturated heterocycles. The Morgan fingerprint density at radius 3 is 2.42 bits per heavy atom. The Kier molecular flexibility index (Phi) is 5.97. The topological polar surface area (TPSA) is 70.2 Å². The molecular formula is C21H31N3O2. The van der Waals surface area contributed by atoms with Crippen LogP contribution in [-0.2, 0) is 4.79 Å². The van der Waals surface area contributed by atoms with Gasteiger partial charge >= 0.3 is 0 Å². The van der Waals surface area contributed by atoms with Crippen molar-refractivity contribution in [3.63, 3.8) is 0 Å². The first-order chi connectivity index (χ1) is 12.4. The Balaban J connectivity index is 1.64. The zero-order chi connectivity index (χ0) is 18.7. The summed E-state index contributed by atoms with van der Waals surface area (Å²) < 4.78 is 0. The van der Waals surface area contributed by atoms with Crippen LogP contribution in [0.5, 0.6) is 0 Å². The predicted octanol–water partition coefficient (Wildman–Crippen LogP) is 2.54. The highest BCUT2D eigenvalue weighted by Gasteiger charge is 2.35. The lowest BCUT2D eigenvalue weighted by molar-refractivity contribution is -0.124. The minimum atomic E-state index is -0.491. The van der Waals surface area contributed by atoms with E-state index in [0.29, 0.717) is 30.0 Å². The Labute approximate surface area is 156 Å². The molecule has 1 aromatic rings. The van der Waals surface area contributed by atoms with E-state index in [4.69, 9.17) is 0 Å². The van der Waals surface area contributed by atoms with Crippen molar-refractivity contribution in [2.24, 2.45) is 5.92 Å². The first-order valence-corrected chi connectivity index (χ1v) is 9.85. The van der Waals surface area contributed by atoms with Crippen molar-refractivity contribution in [1.82, 2.24) is 16.0 Å². The van der Waals surface area contributed by atoms with Crippen LogP contribution in [0.4, 0.5) is 0 Å². The summed E-state index contributed by atoms with van der Waals surface area (Å²) in [5.41, 5.74) is 1.55. The maximum atomic E-state index is 12.9. The molecule has 3 rings (SSSR count). The smallest absolute Gasteiger partial charge is 0.252 e. The van der Waals surface area contributed by atoms with Crippen molar-refractivity contribution in [3.8, 4) is 0 Å². The predicted molar refractivity (Wildman–Crippen MR) is 103 cm³/mol. The maximum absolute atomic E-state index is 12.9. The van der Waals surface area contributed by atoms with Crippen LogP contribution < -0.4 is 16.0 Å². The molecule has 2 heterocycles. The number of piperidine rings is 1. The van der Waals surface area contributed by atoms with Gasteiger partial charge in [0.2, 0.25) is 5.91 Å². The lowest BCUT2D eigenvalue weighted by Crippen LogP contribution is -2.54. The van der Waals surface area contributed by atoms with Crippen molar-refractivity contribution in [2.45, 2.75) is 77.0 Å². The molecule has 0 aliphatic carbocycles. The summed E-state index contributed by atoms with van der Waals surface area (Å²) in [6.45, 7) is 6.06. The van der Waals surface area contributed by atoms with E-state index >= 15 is 0 Å². The van der Waals surface area contributed by atoms with Gasteiger partial charge in [-0.05, 0) is 56.6 Å². The van der Waals surface area contributed by atoms with Gasteiger partial charge in [-0.3, -0.25) is 9.59 Å². The number of hydrogen-bond donors (Lipinski definition) is 3. The highest BCUT2D eigenvalue weighted by Crippen LogP contribution is 2.26. The Morgan fingerprint density at radius 2 is 1.81 bits per heavy atom. The maximum Gasteiger partial charge on any atom is 0.252 e. The number of nitrogens with one attached hydrogen (secondary N) is 3. The lowest BCUT2D eigenvalue weighted by Gasteiger charge is -2.31. The van der Waals surface area contributed by atoms with Gasteiger partial charge in [-0.25, -0.2) is 0 Å². The normalized spacial score (nSPS) is 25.8. The molecule has 3 unspecified atom stereocenters. The number of carbonyl (C=O) groups is 2. The van der Waals surface area contributed by atoms with Crippen LogP contribution in [0.2, 0.25) is 0 Å². The Bertz CT molecular complexity index is 646. The van der Waals surface area contributed by atoms with E-state index in [1.807, 2.05) is 25.1 Å². The highest BCUT2D eigenvalue weighted by molar-refractivity contribution is 5.98. The van der Waals surface area contributed by atoms with Gasteiger partial charge in [-0.2, -0.15) is 0 Å². The molecule has 1 aromatic carbocycles. The monoisotopic (exact) mass is 357 g/mol. The molecule has 2 aliphatic heterocycles. The van der Waals surface area contributed by atoms with Crippen molar-refractivity contribution in [3.05, 3.63) is 35.4 Å². The van der Waals surface area contributed by atoms with Crippen molar-refractivity contribution in [2.75, 3.05) is 0 Å². The van der Waals surface area contributed by atoms with Gasteiger partial charge in [-0.15, -0.1) is 0 Å². The quantitative estimate of drug-likeness (QED) is 0.733. The number of rotatable bonds is 6. The van der Waals surface area contributed by atoms with Crippen LogP contribution in [0.25, 0.3) is 0 Å². The first-order valence-electron chi connectivity index (χ1n) is 9.85. The van der Waals surface area contributed by atoms with Gasteiger partial charge in [0, 0.05) is 23.7 Å². The fourth-order valence-electron chi connectivity index (χ4n) is 4.24. The summed E-state index contributed by atoms with van der Waals surface area (Å²) in [7, 11) is 0. The number of fused-ring (bicyclic) bond motifs is 2. The summed E-state index contributed by atoms with van der Waals surface area (Å²) >= 11 is 0. The van der Waals surface area contributed by atoms with E-state index in [-0.39, 0.29) is 17.9 Å². The molecule has 0 saturated carbocycles. The number of hydrogen-bond acceptors (Lipinski definition) is 3. The van der Waals surface area contributed by atoms with Gasteiger partial charge in [0.05, 0.1) is 0 Å². The molecule has 26 heavy (non-hydrogen) atoms. The molecule has 5 nitrogen and oxygen atoms in total. The Morgan fingerprint density at radius 1 is 1.15 bits per heavy atom. The lowest BCUT2D eigenvalue weighted by atomic mass is 9.97. The van der Waals surface area contributed by atoms with E-state index in [0.717, 1.165) is 18.4 Å². The van der Waals surface area contributed by atoms with Gasteiger partial charge < -0.3 is 16.0 Å². The molecule has 142 valence electrons. The van der Waals surface area contributed by atoms with Crippen LogP contribution in [0, 0.1) is 12.8 Å². The van der Waals surface area contributed by atoms with Crippen LogP contribution >= 0.6 is 0 Å². The van der Waals surface area contributed by atoms with Crippen molar-refractivity contribution in [1.29, 1.82) is 0 Å².